The fourth-order valence-corrected chi connectivity index (χ4v) is 2.12. The standard InChI is InChI=1S/C19H14N2O2/c22-19(23)15-10-7-14(8-11-15)9-12-16-4-3-6-18(21-16)17-5-1-2-13-20-17/h1-13H,(H,22,23)/b12-9+. The van der Waals surface area contributed by atoms with E-state index in [1.54, 1.807) is 30.5 Å². The minimum atomic E-state index is -0.926. The molecule has 0 saturated carbocycles. The van der Waals surface area contributed by atoms with E-state index in [4.69, 9.17) is 5.11 Å². The zero-order valence-electron chi connectivity index (χ0n) is 12.3. The fourth-order valence-electron chi connectivity index (χ4n) is 2.12. The van der Waals surface area contributed by atoms with Gasteiger partial charge in [0, 0.05) is 6.20 Å². The van der Waals surface area contributed by atoms with Crippen molar-refractivity contribution < 1.29 is 9.90 Å². The highest BCUT2D eigenvalue weighted by atomic mass is 16.4. The van der Waals surface area contributed by atoms with E-state index in [1.165, 1.54) is 0 Å². The highest BCUT2D eigenvalue weighted by Crippen LogP contribution is 2.15. The molecule has 0 spiro atoms. The summed E-state index contributed by atoms with van der Waals surface area (Å²) in [6, 6.07) is 18.2. The molecule has 0 aliphatic heterocycles. The lowest BCUT2D eigenvalue weighted by Crippen LogP contribution is -1.94. The van der Waals surface area contributed by atoms with E-state index in [0.717, 1.165) is 22.6 Å². The highest BCUT2D eigenvalue weighted by Gasteiger charge is 2.01. The first-order chi connectivity index (χ1) is 11.2. The first-order valence-corrected chi connectivity index (χ1v) is 7.12. The normalized spacial score (nSPS) is 10.8. The summed E-state index contributed by atoms with van der Waals surface area (Å²) in [5.41, 5.74) is 3.65. The number of carbonyl (C=O) groups is 1. The van der Waals surface area contributed by atoms with E-state index in [-0.39, 0.29) is 5.56 Å². The van der Waals surface area contributed by atoms with Gasteiger partial charge in [0.05, 0.1) is 22.6 Å². The van der Waals surface area contributed by atoms with Crippen LogP contribution in [-0.2, 0) is 0 Å². The molecule has 3 rings (SSSR count). The Labute approximate surface area is 133 Å². The van der Waals surface area contributed by atoms with E-state index in [1.807, 2.05) is 48.6 Å². The van der Waals surface area contributed by atoms with Gasteiger partial charge >= 0.3 is 5.97 Å². The van der Waals surface area contributed by atoms with Crippen LogP contribution in [0.1, 0.15) is 21.6 Å². The van der Waals surface area contributed by atoms with Crippen molar-refractivity contribution in [2.75, 3.05) is 0 Å². The van der Waals surface area contributed by atoms with Crippen molar-refractivity contribution in [1.29, 1.82) is 0 Å². The number of aromatic carboxylic acids is 1. The zero-order chi connectivity index (χ0) is 16.1. The van der Waals surface area contributed by atoms with Gasteiger partial charge in [-0.05, 0) is 48.0 Å². The van der Waals surface area contributed by atoms with Crippen molar-refractivity contribution in [3.8, 4) is 11.4 Å². The summed E-state index contributed by atoms with van der Waals surface area (Å²) in [4.78, 5) is 19.7. The highest BCUT2D eigenvalue weighted by molar-refractivity contribution is 5.88. The lowest BCUT2D eigenvalue weighted by atomic mass is 10.1. The number of carboxylic acid groups (broad SMARTS) is 1. The lowest BCUT2D eigenvalue weighted by molar-refractivity contribution is 0.0697. The first-order valence-electron chi connectivity index (χ1n) is 7.12. The van der Waals surface area contributed by atoms with Gasteiger partial charge in [-0.2, -0.15) is 0 Å². The average Bonchev–Trinajstić information content (AvgIpc) is 2.61. The van der Waals surface area contributed by atoms with Crippen LogP contribution < -0.4 is 0 Å². The Morgan fingerprint density at radius 1 is 0.870 bits per heavy atom. The van der Waals surface area contributed by atoms with Crippen molar-refractivity contribution >= 4 is 18.1 Å². The van der Waals surface area contributed by atoms with Crippen LogP contribution >= 0.6 is 0 Å². The summed E-state index contributed by atoms with van der Waals surface area (Å²) in [7, 11) is 0. The number of rotatable bonds is 4. The minimum absolute atomic E-state index is 0.275. The monoisotopic (exact) mass is 302 g/mol. The summed E-state index contributed by atoms with van der Waals surface area (Å²) >= 11 is 0. The second-order valence-corrected chi connectivity index (χ2v) is 4.92. The van der Waals surface area contributed by atoms with Gasteiger partial charge in [-0.15, -0.1) is 0 Å². The molecule has 0 aliphatic carbocycles. The smallest absolute Gasteiger partial charge is 0.335 e. The molecule has 1 aromatic carbocycles. The Kier molecular flexibility index (Phi) is 4.25. The molecule has 2 heterocycles. The quantitative estimate of drug-likeness (QED) is 0.791. The van der Waals surface area contributed by atoms with Gasteiger partial charge in [0.25, 0.3) is 0 Å². The Hall–Kier alpha value is -3.27. The molecule has 4 heteroatoms. The van der Waals surface area contributed by atoms with Crippen molar-refractivity contribution in [2.24, 2.45) is 0 Å². The third kappa shape index (κ3) is 3.68. The van der Waals surface area contributed by atoms with Gasteiger partial charge in [-0.1, -0.05) is 30.3 Å². The maximum Gasteiger partial charge on any atom is 0.335 e. The van der Waals surface area contributed by atoms with Gasteiger partial charge in [-0.25, -0.2) is 9.78 Å². The molecule has 0 amide bonds. The summed E-state index contributed by atoms with van der Waals surface area (Å²) in [5.74, 6) is -0.926. The molecule has 0 aliphatic rings. The van der Waals surface area contributed by atoms with Gasteiger partial charge < -0.3 is 5.11 Å². The van der Waals surface area contributed by atoms with E-state index in [0.29, 0.717) is 0 Å². The van der Waals surface area contributed by atoms with Crippen molar-refractivity contribution in [3.63, 3.8) is 0 Å². The topological polar surface area (TPSA) is 63.1 Å². The molecule has 23 heavy (non-hydrogen) atoms. The number of nitrogens with zero attached hydrogens (tertiary/aromatic N) is 2. The zero-order valence-corrected chi connectivity index (χ0v) is 12.3. The van der Waals surface area contributed by atoms with Crippen LogP contribution in [0.25, 0.3) is 23.5 Å². The van der Waals surface area contributed by atoms with Crippen LogP contribution in [0.15, 0.2) is 66.9 Å². The van der Waals surface area contributed by atoms with Crippen LogP contribution in [-0.4, -0.2) is 21.0 Å². The molecule has 4 nitrogen and oxygen atoms in total. The van der Waals surface area contributed by atoms with E-state index >= 15 is 0 Å². The number of carboxylic acids is 1. The molecule has 0 bridgehead atoms. The molecule has 0 radical (unpaired) electrons. The first kappa shape index (κ1) is 14.7. The van der Waals surface area contributed by atoms with Crippen LogP contribution in [0.3, 0.4) is 0 Å². The van der Waals surface area contributed by atoms with Crippen LogP contribution in [0.5, 0.6) is 0 Å². The summed E-state index contributed by atoms with van der Waals surface area (Å²) < 4.78 is 0. The number of hydrogen-bond donors (Lipinski definition) is 1. The maximum atomic E-state index is 10.8. The largest absolute Gasteiger partial charge is 0.478 e. The number of pyridine rings is 2. The Morgan fingerprint density at radius 2 is 1.65 bits per heavy atom. The van der Waals surface area contributed by atoms with Crippen LogP contribution in [0.2, 0.25) is 0 Å². The molecule has 0 unspecified atom stereocenters. The number of benzene rings is 1. The van der Waals surface area contributed by atoms with Crippen molar-refractivity contribution in [1.82, 2.24) is 9.97 Å². The molecular formula is C19H14N2O2. The summed E-state index contributed by atoms with van der Waals surface area (Å²) in [6.07, 6.45) is 5.53. The van der Waals surface area contributed by atoms with E-state index < -0.39 is 5.97 Å². The maximum absolute atomic E-state index is 10.8. The Bertz CT molecular complexity index is 841. The molecule has 3 aromatic rings. The van der Waals surface area contributed by atoms with E-state index in [9.17, 15) is 4.79 Å². The summed E-state index contributed by atoms with van der Waals surface area (Å²) in [6.45, 7) is 0. The molecule has 2 aromatic heterocycles. The molecule has 0 atom stereocenters. The molecule has 0 fully saturated rings. The van der Waals surface area contributed by atoms with Crippen molar-refractivity contribution in [2.45, 2.75) is 0 Å². The fraction of sp³-hybridized carbons (Fsp3) is 0. The van der Waals surface area contributed by atoms with Crippen LogP contribution in [0, 0.1) is 0 Å². The molecule has 1 N–H and O–H groups in total. The Balaban J connectivity index is 1.81. The SMILES string of the molecule is O=C(O)c1ccc(/C=C/c2cccc(-c3ccccn3)n2)cc1. The van der Waals surface area contributed by atoms with Gasteiger partial charge in [0.2, 0.25) is 0 Å². The Morgan fingerprint density at radius 3 is 2.35 bits per heavy atom. The summed E-state index contributed by atoms with van der Waals surface area (Å²) in [5, 5.41) is 8.89. The molecular weight excluding hydrogens is 288 g/mol. The second-order valence-electron chi connectivity index (χ2n) is 4.92. The lowest BCUT2D eigenvalue weighted by Gasteiger charge is -2.01. The predicted octanol–water partition coefficient (Wildman–Crippen LogP) is 4.01. The third-order valence-electron chi connectivity index (χ3n) is 3.30. The van der Waals surface area contributed by atoms with Gasteiger partial charge in [-0.3, -0.25) is 4.98 Å². The van der Waals surface area contributed by atoms with Crippen LogP contribution in [0.4, 0.5) is 0 Å². The van der Waals surface area contributed by atoms with Gasteiger partial charge in [0.1, 0.15) is 0 Å². The van der Waals surface area contributed by atoms with E-state index in [2.05, 4.69) is 9.97 Å². The third-order valence-corrected chi connectivity index (χ3v) is 3.30. The van der Waals surface area contributed by atoms with Crippen molar-refractivity contribution in [3.05, 3.63) is 83.7 Å². The minimum Gasteiger partial charge on any atom is -0.478 e. The second kappa shape index (κ2) is 6.66. The number of aromatic nitrogens is 2. The predicted molar refractivity (Wildman–Crippen MR) is 89.8 cm³/mol. The molecule has 0 saturated heterocycles. The average molecular weight is 302 g/mol. The number of hydrogen-bond acceptors (Lipinski definition) is 3. The van der Waals surface area contributed by atoms with Gasteiger partial charge in [0.15, 0.2) is 0 Å². The molecule has 112 valence electrons.